The number of fused-ring (bicyclic) bond motifs is 3. The molecule has 2 aliphatic heterocycles. The Labute approximate surface area is 205 Å². The highest BCUT2D eigenvalue weighted by Gasteiger charge is 2.27. The van der Waals surface area contributed by atoms with Gasteiger partial charge in [-0.3, -0.25) is 19.0 Å². The van der Waals surface area contributed by atoms with Crippen LogP contribution in [0.1, 0.15) is 48.8 Å². The predicted molar refractivity (Wildman–Crippen MR) is 132 cm³/mol. The van der Waals surface area contributed by atoms with E-state index in [1.165, 1.54) is 35.9 Å². The number of carbonyl (C=O) groups excluding carboxylic acids is 2. The van der Waals surface area contributed by atoms with Crippen LogP contribution in [0.5, 0.6) is 0 Å². The van der Waals surface area contributed by atoms with Crippen molar-refractivity contribution >= 4 is 45.1 Å². The Kier molecular flexibility index (Phi) is 6.78. The van der Waals surface area contributed by atoms with Crippen LogP contribution < -0.4 is 5.56 Å². The zero-order valence-corrected chi connectivity index (χ0v) is 20.9. The quantitative estimate of drug-likeness (QED) is 0.394. The molecule has 0 aliphatic carbocycles. The van der Waals surface area contributed by atoms with Crippen molar-refractivity contribution in [1.82, 2.24) is 19.4 Å². The number of furan rings is 1. The van der Waals surface area contributed by atoms with Gasteiger partial charge in [-0.05, 0) is 37.0 Å². The minimum absolute atomic E-state index is 0.0366. The number of likely N-dealkylation sites (tertiary alicyclic amines) is 1. The Bertz CT molecular complexity index is 1260. The third-order valence-corrected chi connectivity index (χ3v) is 8.62. The fourth-order valence-electron chi connectivity index (χ4n) is 4.67. The van der Waals surface area contributed by atoms with Gasteiger partial charge in [0.1, 0.15) is 10.6 Å². The first-order valence-corrected chi connectivity index (χ1v) is 13.5. The van der Waals surface area contributed by atoms with E-state index in [9.17, 15) is 14.4 Å². The molecule has 0 spiro atoms. The summed E-state index contributed by atoms with van der Waals surface area (Å²) in [6, 6.07) is 3.63. The summed E-state index contributed by atoms with van der Waals surface area (Å²) in [5.41, 5.74) is 0.889. The lowest BCUT2D eigenvalue weighted by molar-refractivity contribution is -0.130. The van der Waals surface area contributed by atoms with E-state index in [4.69, 9.17) is 9.40 Å². The van der Waals surface area contributed by atoms with Crippen molar-refractivity contribution in [3.05, 3.63) is 45.0 Å². The van der Waals surface area contributed by atoms with E-state index in [1.807, 2.05) is 11.0 Å². The average molecular weight is 501 g/mol. The van der Waals surface area contributed by atoms with E-state index in [-0.39, 0.29) is 29.7 Å². The number of aromatic nitrogens is 2. The third kappa shape index (κ3) is 4.65. The number of thioether (sulfide) groups is 1. The first kappa shape index (κ1) is 23.2. The van der Waals surface area contributed by atoms with Crippen LogP contribution in [-0.4, -0.2) is 56.6 Å². The standard InChI is InChI=1S/C24H28N4O4S2/c1-16(29)27-11-8-18-19(14-27)34-22-21(18)23(31)28(13-17-7-6-12-32-17)24(25-22)33-15-20(30)26-9-4-2-3-5-10-26/h6-7,12H,2-5,8-11,13-15H2,1H3. The van der Waals surface area contributed by atoms with Crippen LogP contribution in [0.4, 0.5) is 0 Å². The molecule has 5 heterocycles. The zero-order valence-electron chi connectivity index (χ0n) is 19.2. The van der Waals surface area contributed by atoms with Gasteiger partial charge in [0.2, 0.25) is 11.8 Å². The van der Waals surface area contributed by atoms with Gasteiger partial charge in [0.25, 0.3) is 5.56 Å². The predicted octanol–water partition coefficient (Wildman–Crippen LogP) is 3.50. The lowest BCUT2D eigenvalue weighted by Crippen LogP contribution is -2.34. The summed E-state index contributed by atoms with van der Waals surface area (Å²) >= 11 is 2.80. The Morgan fingerprint density at radius 1 is 1.15 bits per heavy atom. The molecule has 3 aromatic heterocycles. The molecule has 0 N–H and O–H groups in total. The normalized spacial score (nSPS) is 16.5. The summed E-state index contributed by atoms with van der Waals surface area (Å²) in [7, 11) is 0. The Morgan fingerprint density at radius 3 is 2.65 bits per heavy atom. The monoisotopic (exact) mass is 500 g/mol. The van der Waals surface area contributed by atoms with Gasteiger partial charge in [-0.15, -0.1) is 11.3 Å². The molecule has 0 unspecified atom stereocenters. The third-order valence-electron chi connectivity index (χ3n) is 6.55. The van der Waals surface area contributed by atoms with Crippen molar-refractivity contribution in [2.75, 3.05) is 25.4 Å². The van der Waals surface area contributed by atoms with Crippen molar-refractivity contribution in [3.8, 4) is 0 Å². The molecular formula is C24H28N4O4S2. The fourth-order valence-corrected chi connectivity index (χ4v) is 6.85. The summed E-state index contributed by atoms with van der Waals surface area (Å²) in [5.74, 6) is 1.04. The molecule has 0 atom stereocenters. The number of amides is 2. The number of hydrogen-bond donors (Lipinski definition) is 0. The second-order valence-corrected chi connectivity index (χ2v) is 10.8. The Morgan fingerprint density at radius 2 is 1.94 bits per heavy atom. The molecule has 0 bridgehead atoms. The van der Waals surface area contributed by atoms with Gasteiger partial charge in [0.05, 0.1) is 30.5 Å². The first-order chi connectivity index (χ1) is 16.5. The zero-order chi connectivity index (χ0) is 23.7. The molecule has 8 nitrogen and oxygen atoms in total. The molecular weight excluding hydrogens is 472 g/mol. The van der Waals surface area contributed by atoms with Gasteiger partial charge >= 0.3 is 0 Å². The van der Waals surface area contributed by atoms with Gasteiger partial charge in [-0.1, -0.05) is 24.6 Å². The summed E-state index contributed by atoms with van der Waals surface area (Å²) < 4.78 is 7.15. The molecule has 34 heavy (non-hydrogen) atoms. The van der Waals surface area contributed by atoms with E-state index in [1.54, 1.807) is 28.7 Å². The van der Waals surface area contributed by atoms with Gasteiger partial charge in [-0.2, -0.15) is 0 Å². The van der Waals surface area contributed by atoms with Crippen LogP contribution in [0.3, 0.4) is 0 Å². The van der Waals surface area contributed by atoms with E-state index in [0.29, 0.717) is 40.6 Å². The van der Waals surface area contributed by atoms with Crippen molar-refractivity contribution < 1.29 is 14.0 Å². The van der Waals surface area contributed by atoms with Gasteiger partial charge in [0, 0.05) is 31.4 Å². The maximum atomic E-state index is 13.7. The molecule has 0 aromatic carbocycles. The Hall–Kier alpha value is -2.59. The smallest absolute Gasteiger partial charge is 0.263 e. The van der Waals surface area contributed by atoms with Crippen molar-refractivity contribution in [2.24, 2.45) is 0 Å². The second kappa shape index (κ2) is 9.95. The highest BCUT2D eigenvalue weighted by atomic mass is 32.2. The minimum Gasteiger partial charge on any atom is -0.467 e. The molecule has 10 heteroatoms. The van der Waals surface area contributed by atoms with Crippen LogP contribution in [0.25, 0.3) is 10.2 Å². The first-order valence-electron chi connectivity index (χ1n) is 11.7. The molecule has 0 radical (unpaired) electrons. The summed E-state index contributed by atoms with van der Waals surface area (Å²) in [5, 5.41) is 1.16. The average Bonchev–Trinajstić information content (AvgIpc) is 3.38. The fraction of sp³-hybridized carbons (Fsp3) is 0.500. The molecule has 1 saturated heterocycles. The van der Waals surface area contributed by atoms with Crippen LogP contribution >= 0.6 is 23.1 Å². The van der Waals surface area contributed by atoms with Gasteiger partial charge in [0.15, 0.2) is 5.16 Å². The largest absolute Gasteiger partial charge is 0.467 e. The van der Waals surface area contributed by atoms with E-state index < -0.39 is 0 Å². The number of carbonyl (C=O) groups is 2. The van der Waals surface area contributed by atoms with E-state index >= 15 is 0 Å². The van der Waals surface area contributed by atoms with Crippen molar-refractivity contribution in [2.45, 2.75) is 57.3 Å². The summed E-state index contributed by atoms with van der Waals surface area (Å²) in [6.07, 6.45) is 6.66. The molecule has 2 aliphatic rings. The number of hydrogen-bond acceptors (Lipinski definition) is 7. The summed E-state index contributed by atoms with van der Waals surface area (Å²) in [6.45, 7) is 4.55. The van der Waals surface area contributed by atoms with Crippen LogP contribution in [0.15, 0.2) is 32.8 Å². The number of rotatable bonds is 5. The van der Waals surface area contributed by atoms with E-state index in [2.05, 4.69) is 0 Å². The highest BCUT2D eigenvalue weighted by Crippen LogP contribution is 2.34. The summed E-state index contributed by atoms with van der Waals surface area (Å²) in [4.78, 5) is 48.8. The van der Waals surface area contributed by atoms with Crippen LogP contribution in [0.2, 0.25) is 0 Å². The number of nitrogens with zero attached hydrogens (tertiary/aromatic N) is 4. The van der Waals surface area contributed by atoms with Crippen LogP contribution in [-0.2, 0) is 29.1 Å². The maximum Gasteiger partial charge on any atom is 0.263 e. The molecule has 5 rings (SSSR count). The molecule has 180 valence electrons. The lowest BCUT2D eigenvalue weighted by Gasteiger charge is -2.25. The molecule has 3 aromatic rings. The highest BCUT2D eigenvalue weighted by molar-refractivity contribution is 7.99. The number of thiophene rings is 1. The minimum atomic E-state index is -0.111. The van der Waals surface area contributed by atoms with E-state index in [0.717, 1.165) is 36.4 Å². The van der Waals surface area contributed by atoms with Gasteiger partial charge in [-0.25, -0.2) is 4.98 Å². The molecule has 2 amide bonds. The second-order valence-electron chi connectivity index (χ2n) is 8.82. The Balaban J connectivity index is 1.48. The van der Waals surface area contributed by atoms with Crippen LogP contribution in [0, 0.1) is 0 Å². The van der Waals surface area contributed by atoms with Gasteiger partial charge < -0.3 is 14.2 Å². The topological polar surface area (TPSA) is 88.7 Å². The van der Waals surface area contributed by atoms with Crippen molar-refractivity contribution in [3.63, 3.8) is 0 Å². The lowest BCUT2D eigenvalue weighted by atomic mass is 10.1. The maximum absolute atomic E-state index is 13.7. The molecule has 0 saturated carbocycles. The van der Waals surface area contributed by atoms with Crippen molar-refractivity contribution in [1.29, 1.82) is 0 Å². The molecule has 1 fully saturated rings. The SMILES string of the molecule is CC(=O)N1CCc2c(sc3nc(SCC(=O)N4CCCCCC4)n(Cc4ccco4)c(=O)c23)C1.